The summed E-state index contributed by atoms with van der Waals surface area (Å²) in [6, 6.07) is 0. The van der Waals surface area contributed by atoms with Crippen LogP contribution >= 0.6 is 0 Å². The van der Waals surface area contributed by atoms with Crippen molar-refractivity contribution in [2.75, 3.05) is 19.7 Å². The van der Waals surface area contributed by atoms with E-state index in [0.29, 0.717) is 13.0 Å². The van der Waals surface area contributed by atoms with Gasteiger partial charge >= 0.3 is 5.97 Å². The van der Waals surface area contributed by atoms with E-state index >= 15 is 0 Å². The zero-order valence-electron chi connectivity index (χ0n) is 50.1. The molecule has 1 atom stereocenters. The van der Waals surface area contributed by atoms with Gasteiger partial charge in [0.15, 0.2) is 0 Å². The van der Waals surface area contributed by atoms with Crippen LogP contribution in [0.4, 0.5) is 0 Å². The molecule has 0 radical (unpaired) electrons. The van der Waals surface area contributed by atoms with E-state index in [2.05, 4.69) is 44.7 Å². The minimum atomic E-state index is -0.291. The molecule has 0 aromatic carbocycles. The predicted molar refractivity (Wildman–Crippen MR) is 321 cm³/mol. The van der Waals surface area contributed by atoms with Crippen LogP contribution in [-0.4, -0.2) is 36.5 Å². The number of unbranched alkanes of at least 4 members (excludes halogenated alkanes) is 49. The molecule has 1 unspecified atom stereocenters. The molecule has 0 aliphatic carbocycles. The molecule has 0 heterocycles. The normalized spacial score (nSPS) is 12.1. The van der Waals surface area contributed by atoms with Crippen LogP contribution in [-0.2, 0) is 14.3 Å². The van der Waals surface area contributed by atoms with E-state index in [-0.39, 0.29) is 17.8 Å². The minimum Gasteiger partial charge on any atom is -0.465 e. The number of rotatable bonds is 62. The Hall–Kier alpha value is -1.32. The van der Waals surface area contributed by atoms with E-state index in [1.165, 1.54) is 308 Å². The van der Waals surface area contributed by atoms with E-state index in [0.717, 1.165) is 58.0 Å². The van der Waals surface area contributed by atoms with E-state index in [4.69, 9.17) is 4.74 Å². The van der Waals surface area contributed by atoms with Crippen LogP contribution in [0, 0.1) is 5.92 Å². The number of hydrogen-bond acceptors (Lipinski definition) is 3. The van der Waals surface area contributed by atoms with Gasteiger partial charge in [-0.15, -0.1) is 0 Å². The van der Waals surface area contributed by atoms with E-state index in [1.54, 1.807) is 0 Å². The average molecular weight is 1010 g/mol. The molecule has 0 aliphatic rings. The lowest BCUT2D eigenvalue weighted by Gasteiger charge is -2.25. The molecule has 0 saturated heterocycles. The van der Waals surface area contributed by atoms with Crippen molar-refractivity contribution in [3.05, 3.63) is 12.2 Å². The first-order valence-electron chi connectivity index (χ1n) is 33.7. The first-order chi connectivity index (χ1) is 35.6. The summed E-state index contributed by atoms with van der Waals surface area (Å²) in [5.41, 5.74) is 0. The fourth-order valence-corrected chi connectivity index (χ4v) is 10.9. The number of nitrogens with zero attached hydrogens (tertiary/aromatic N) is 1. The van der Waals surface area contributed by atoms with Crippen molar-refractivity contribution in [3.8, 4) is 0 Å². The van der Waals surface area contributed by atoms with Crippen LogP contribution in [0.5, 0.6) is 0 Å². The molecule has 4 heteroatoms. The highest BCUT2D eigenvalue weighted by molar-refractivity contribution is 5.83. The van der Waals surface area contributed by atoms with Gasteiger partial charge in [0.1, 0.15) is 0 Å². The number of carbonyl (C=O) groups is 2. The maximum atomic E-state index is 13.9. The maximum absolute atomic E-state index is 13.9. The maximum Gasteiger partial charge on any atom is 0.309 e. The highest BCUT2D eigenvalue weighted by Crippen LogP contribution is 2.22. The first-order valence-corrected chi connectivity index (χ1v) is 33.7. The Kier molecular flexibility index (Phi) is 61.1. The monoisotopic (exact) mass is 1010 g/mol. The third-order valence-electron chi connectivity index (χ3n) is 16.0. The summed E-state index contributed by atoms with van der Waals surface area (Å²) in [6.07, 6.45) is 78.2. The predicted octanol–water partition coefficient (Wildman–Crippen LogP) is 23.5. The zero-order valence-corrected chi connectivity index (χ0v) is 50.1. The lowest BCUT2D eigenvalue weighted by molar-refractivity contribution is -0.152. The molecule has 4 nitrogen and oxygen atoms in total. The van der Waals surface area contributed by atoms with Crippen molar-refractivity contribution in [2.24, 2.45) is 5.92 Å². The van der Waals surface area contributed by atoms with Gasteiger partial charge in [-0.3, -0.25) is 9.59 Å². The number of carbonyl (C=O) groups excluding carboxylic acids is 2. The SMILES string of the molecule is CCCCCCCCCCCCC/C=C/CCCCCCCCCCCCCCCCCCCCCCCCCC(CC(=O)N(CCCCCCCC)CCCCCCCC)C(=O)OCCCCCCCC. The van der Waals surface area contributed by atoms with E-state index < -0.39 is 0 Å². The van der Waals surface area contributed by atoms with Gasteiger partial charge in [0.25, 0.3) is 0 Å². The van der Waals surface area contributed by atoms with Gasteiger partial charge in [-0.05, 0) is 51.4 Å². The van der Waals surface area contributed by atoms with Crippen molar-refractivity contribution >= 4 is 11.9 Å². The third-order valence-corrected chi connectivity index (χ3v) is 16.0. The Morgan fingerprint density at radius 1 is 0.319 bits per heavy atom. The smallest absolute Gasteiger partial charge is 0.309 e. The summed E-state index contributed by atoms with van der Waals surface area (Å²) in [5.74, 6) is -0.217. The van der Waals surface area contributed by atoms with Crippen molar-refractivity contribution in [1.82, 2.24) is 4.90 Å². The summed E-state index contributed by atoms with van der Waals surface area (Å²) >= 11 is 0. The minimum absolute atomic E-state index is 0.115. The Balaban J connectivity index is 4.01. The second-order valence-corrected chi connectivity index (χ2v) is 23.3. The van der Waals surface area contributed by atoms with Gasteiger partial charge in [-0.25, -0.2) is 0 Å². The van der Waals surface area contributed by atoms with Crippen molar-refractivity contribution < 1.29 is 14.3 Å². The molecular weight excluding hydrogens is 879 g/mol. The van der Waals surface area contributed by atoms with E-state index in [9.17, 15) is 9.59 Å². The van der Waals surface area contributed by atoms with Crippen LogP contribution in [0.25, 0.3) is 0 Å². The Morgan fingerprint density at radius 2 is 0.569 bits per heavy atom. The molecule has 72 heavy (non-hydrogen) atoms. The highest BCUT2D eigenvalue weighted by atomic mass is 16.5. The van der Waals surface area contributed by atoms with Crippen LogP contribution in [0.2, 0.25) is 0 Å². The fourth-order valence-electron chi connectivity index (χ4n) is 10.9. The summed E-state index contributed by atoms with van der Waals surface area (Å²) in [5, 5.41) is 0. The van der Waals surface area contributed by atoms with Gasteiger partial charge in [0.05, 0.1) is 12.5 Å². The second-order valence-electron chi connectivity index (χ2n) is 23.3. The Morgan fingerprint density at radius 3 is 0.875 bits per heavy atom. The van der Waals surface area contributed by atoms with Crippen molar-refractivity contribution in [3.63, 3.8) is 0 Å². The molecule has 428 valence electrons. The molecule has 0 fully saturated rings. The molecule has 0 aromatic heterocycles. The molecule has 0 bridgehead atoms. The van der Waals surface area contributed by atoms with Gasteiger partial charge in [0.2, 0.25) is 5.91 Å². The first kappa shape index (κ1) is 70.7. The Bertz CT molecular complexity index is 1060. The van der Waals surface area contributed by atoms with Crippen molar-refractivity contribution in [2.45, 2.75) is 387 Å². The van der Waals surface area contributed by atoms with Crippen LogP contribution in [0.1, 0.15) is 387 Å². The number of amides is 1. The van der Waals surface area contributed by atoms with Crippen LogP contribution in [0.15, 0.2) is 12.2 Å². The molecule has 0 spiro atoms. The standard InChI is InChI=1S/C68H133NO3/c1-5-9-13-17-21-22-23-24-25-26-27-28-29-30-31-32-33-34-35-36-37-38-39-40-41-42-43-44-45-46-47-48-49-50-51-52-53-57-61-66(68(71)72-64-60-56-20-16-12-8-4)65-67(70)69(62-58-54-18-14-10-6-2)63-59-55-19-15-11-7-3/h29-30,66H,5-28,31-65H2,1-4H3/b30-29+. The molecule has 0 saturated carbocycles. The number of hydrogen-bond donors (Lipinski definition) is 0. The summed E-state index contributed by atoms with van der Waals surface area (Å²) in [4.78, 5) is 29.5. The third kappa shape index (κ3) is 54.9. The van der Waals surface area contributed by atoms with Gasteiger partial charge in [0, 0.05) is 19.5 Å². The second kappa shape index (κ2) is 62.2. The molecular formula is C68H133NO3. The highest BCUT2D eigenvalue weighted by Gasteiger charge is 2.26. The lowest BCUT2D eigenvalue weighted by atomic mass is 9.96. The quantitative estimate of drug-likeness (QED) is 0.0346. The summed E-state index contributed by atoms with van der Waals surface area (Å²) in [6.45, 7) is 11.3. The van der Waals surface area contributed by atoms with Crippen LogP contribution < -0.4 is 0 Å². The van der Waals surface area contributed by atoms with Gasteiger partial charge in [-0.1, -0.05) is 342 Å². The van der Waals surface area contributed by atoms with Crippen LogP contribution in [0.3, 0.4) is 0 Å². The molecule has 0 rings (SSSR count). The number of ether oxygens (including phenoxy) is 1. The lowest BCUT2D eigenvalue weighted by Crippen LogP contribution is -2.35. The zero-order chi connectivity index (χ0) is 52.2. The topological polar surface area (TPSA) is 46.6 Å². The molecule has 0 aromatic rings. The average Bonchev–Trinajstić information content (AvgIpc) is 3.38. The fraction of sp³-hybridized carbons (Fsp3) is 0.941. The molecule has 1 amide bonds. The molecule has 0 aliphatic heterocycles. The molecule has 0 N–H and O–H groups in total. The van der Waals surface area contributed by atoms with E-state index in [1.807, 2.05) is 0 Å². The largest absolute Gasteiger partial charge is 0.465 e. The van der Waals surface area contributed by atoms with Gasteiger partial charge in [-0.2, -0.15) is 0 Å². The number of esters is 1. The van der Waals surface area contributed by atoms with Crippen molar-refractivity contribution in [1.29, 1.82) is 0 Å². The summed E-state index contributed by atoms with van der Waals surface area (Å²) < 4.78 is 5.88. The summed E-state index contributed by atoms with van der Waals surface area (Å²) in [7, 11) is 0. The van der Waals surface area contributed by atoms with Gasteiger partial charge < -0.3 is 9.64 Å². The Labute approximate surface area is 454 Å². The number of allylic oxidation sites excluding steroid dienone is 2.